The molecule has 2 nitrogen and oxygen atoms in total. The maximum absolute atomic E-state index is 12.4. The Bertz CT molecular complexity index is 365. The van der Waals surface area contributed by atoms with Gasteiger partial charge in [-0.25, -0.2) is 0 Å². The highest BCUT2D eigenvalue weighted by molar-refractivity contribution is 6.73. The Hall–Kier alpha value is -1.17. The third kappa shape index (κ3) is 2.32. The SMILES string of the molecule is OC1CCN(c2ccc([B-](F)(F)F)cc2)C1. The normalized spacial score (nSPS) is 21.5. The first kappa shape index (κ1) is 11.3. The van der Waals surface area contributed by atoms with E-state index in [0.29, 0.717) is 19.5 Å². The molecule has 6 heteroatoms. The Morgan fingerprint density at radius 3 is 2.25 bits per heavy atom. The molecule has 1 saturated heterocycles. The molecule has 0 bridgehead atoms. The molecule has 1 atom stereocenters. The van der Waals surface area contributed by atoms with Gasteiger partial charge in [-0.1, -0.05) is 12.1 Å². The fourth-order valence-electron chi connectivity index (χ4n) is 1.88. The average molecular weight is 230 g/mol. The van der Waals surface area contributed by atoms with Crippen LogP contribution in [0.3, 0.4) is 0 Å². The highest BCUT2D eigenvalue weighted by Crippen LogP contribution is 2.20. The Balaban J connectivity index is 2.14. The van der Waals surface area contributed by atoms with Crippen LogP contribution < -0.4 is 10.4 Å². The molecule has 0 aromatic heterocycles. The van der Waals surface area contributed by atoms with Gasteiger partial charge in [-0.3, -0.25) is 0 Å². The van der Waals surface area contributed by atoms with Gasteiger partial charge in [0, 0.05) is 18.8 Å². The summed E-state index contributed by atoms with van der Waals surface area (Å²) in [4.78, 5) is 1.89. The molecule has 0 amide bonds. The van der Waals surface area contributed by atoms with Crippen LogP contribution in [0.2, 0.25) is 0 Å². The van der Waals surface area contributed by atoms with Crippen LogP contribution in [0.5, 0.6) is 0 Å². The van der Waals surface area contributed by atoms with Crippen molar-refractivity contribution in [2.45, 2.75) is 12.5 Å². The molecule has 2 rings (SSSR count). The number of nitrogens with zero attached hydrogens (tertiary/aromatic N) is 1. The van der Waals surface area contributed by atoms with Crippen molar-refractivity contribution < 1.29 is 18.1 Å². The molecule has 16 heavy (non-hydrogen) atoms. The molecule has 0 spiro atoms. The van der Waals surface area contributed by atoms with Crippen molar-refractivity contribution in [1.29, 1.82) is 0 Å². The van der Waals surface area contributed by atoms with E-state index in [4.69, 9.17) is 0 Å². The quantitative estimate of drug-likeness (QED) is 0.774. The van der Waals surface area contributed by atoms with Gasteiger partial charge in [0.05, 0.1) is 6.10 Å². The lowest BCUT2D eigenvalue weighted by Crippen LogP contribution is -2.34. The van der Waals surface area contributed by atoms with Crippen LogP contribution in [0.4, 0.5) is 18.6 Å². The van der Waals surface area contributed by atoms with E-state index >= 15 is 0 Å². The van der Waals surface area contributed by atoms with E-state index in [1.807, 2.05) is 4.90 Å². The van der Waals surface area contributed by atoms with Crippen LogP contribution in [0.15, 0.2) is 24.3 Å². The molecule has 1 fully saturated rings. The molecule has 88 valence electrons. The van der Waals surface area contributed by atoms with Gasteiger partial charge in [-0.05, 0) is 18.6 Å². The smallest absolute Gasteiger partial charge is 0.445 e. The molecule has 1 aromatic carbocycles. The lowest BCUT2D eigenvalue weighted by Gasteiger charge is -2.20. The van der Waals surface area contributed by atoms with E-state index in [-0.39, 0.29) is 6.10 Å². The average Bonchev–Trinajstić information content (AvgIpc) is 2.64. The molecule has 1 unspecified atom stereocenters. The standard InChI is InChI=1S/C10H12BF3NO/c12-11(13,14)8-1-3-9(4-2-8)15-6-5-10(16)7-15/h1-4,10,16H,5-7H2/q-1. The van der Waals surface area contributed by atoms with Crippen molar-refractivity contribution in [2.75, 3.05) is 18.0 Å². The van der Waals surface area contributed by atoms with Crippen LogP contribution in [0.25, 0.3) is 0 Å². The molecule has 0 radical (unpaired) electrons. The molecule has 1 aliphatic rings. The highest BCUT2D eigenvalue weighted by atomic mass is 19.4. The van der Waals surface area contributed by atoms with Crippen molar-refractivity contribution in [3.63, 3.8) is 0 Å². The highest BCUT2D eigenvalue weighted by Gasteiger charge is 2.26. The Kier molecular flexibility index (Phi) is 2.84. The lowest BCUT2D eigenvalue weighted by atomic mass is 9.80. The topological polar surface area (TPSA) is 23.5 Å². The molecule has 0 aliphatic carbocycles. The predicted octanol–water partition coefficient (Wildman–Crippen LogP) is 1.31. The third-order valence-electron chi connectivity index (χ3n) is 2.80. The molecule has 1 aromatic rings. The van der Waals surface area contributed by atoms with Gasteiger partial charge < -0.3 is 23.0 Å². The first-order chi connectivity index (χ1) is 7.47. The van der Waals surface area contributed by atoms with Gasteiger partial charge in [-0.2, -0.15) is 0 Å². The van der Waals surface area contributed by atoms with Crippen molar-refractivity contribution in [3.05, 3.63) is 24.3 Å². The summed E-state index contributed by atoms with van der Waals surface area (Å²) in [5.41, 5.74) is 0.156. The van der Waals surface area contributed by atoms with Crippen LogP contribution in [-0.2, 0) is 0 Å². The van der Waals surface area contributed by atoms with E-state index in [1.165, 1.54) is 12.1 Å². The lowest BCUT2D eigenvalue weighted by molar-refractivity contribution is 0.198. The van der Waals surface area contributed by atoms with E-state index in [9.17, 15) is 18.1 Å². The number of anilines is 1. The number of aliphatic hydroxyl groups excluding tert-OH is 1. The van der Waals surface area contributed by atoms with Gasteiger partial charge in [-0.15, -0.1) is 5.46 Å². The van der Waals surface area contributed by atoms with E-state index in [0.717, 1.165) is 17.8 Å². The molecular formula is C10H12BF3NO-. The van der Waals surface area contributed by atoms with E-state index in [2.05, 4.69) is 0 Å². The zero-order valence-corrected chi connectivity index (χ0v) is 8.61. The number of β-amino-alcohol motifs (C(OH)–C–C–N with tert-alkyl or cyclic N) is 1. The monoisotopic (exact) mass is 230 g/mol. The second kappa shape index (κ2) is 4.01. The van der Waals surface area contributed by atoms with Crippen LogP contribution >= 0.6 is 0 Å². The number of benzene rings is 1. The zero-order valence-electron chi connectivity index (χ0n) is 8.61. The van der Waals surface area contributed by atoms with E-state index in [1.54, 1.807) is 0 Å². The third-order valence-corrected chi connectivity index (χ3v) is 2.80. The van der Waals surface area contributed by atoms with E-state index < -0.39 is 12.4 Å². The van der Waals surface area contributed by atoms with Crippen molar-refractivity contribution >= 4 is 18.1 Å². The number of rotatable bonds is 2. The Morgan fingerprint density at radius 2 is 1.81 bits per heavy atom. The summed E-state index contributed by atoms with van der Waals surface area (Å²) in [7, 11) is 0. The number of halogens is 3. The van der Waals surface area contributed by atoms with Gasteiger partial charge in [0.15, 0.2) is 0 Å². The van der Waals surface area contributed by atoms with Crippen LogP contribution in [-0.4, -0.2) is 31.3 Å². The van der Waals surface area contributed by atoms with Crippen LogP contribution in [0.1, 0.15) is 6.42 Å². The largest absolute Gasteiger partial charge is 0.509 e. The van der Waals surface area contributed by atoms with Crippen molar-refractivity contribution in [2.24, 2.45) is 0 Å². The number of hydrogen-bond donors (Lipinski definition) is 1. The van der Waals surface area contributed by atoms with Gasteiger partial charge in [0.1, 0.15) is 0 Å². The summed E-state index contributed by atoms with van der Waals surface area (Å²) in [5, 5.41) is 9.33. The second-order valence-corrected chi connectivity index (χ2v) is 4.05. The van der Waals surface area contributed by atoms with Crippen molar-refractivity contribution in [3.8, 4) is 0 Å². The summed E-state index contributed by atoms with van der Waals surface area (Å²) >= 11 is 0. The molecule has 0 saturated carbocycles. The maximum atomic E-state index is 12.4. The minimum absolute atomic E-state index is 0.369. The fraction of sp³-hybridized carbons (Fsp3) is 0.400. The number of hydrogen-bond acceptors (Lipinski definition) is 2. The summed E-state index contributed by atoms with van der Waals surface area (Å²) in [6.45, 7) is -3.72. The van der Waals surface area contributed by atoms with Crippen molar-refractivity contribution in [1.82, 2.24) is 0 Å². The Labute approximate surface area is 91.7 Å². The summed E-state index contributed by atoms with van der Waals surface area (Å²) in [6, 6.07) is 5.12. The fourth-order valence-corrected chi connectivity index (χ4v) is 1.88. The second-order valence-electron chi connectivity index (χ2n) is 4.05. The van der Waals surface area contributed by atoms with Gasteiger partial charge in [0.2, 0.25) is 0 Å². The summed E-state index contributed by atoms with van der Waals surface area (Å²) < 4.78 is 37.1. The van der Waals surface area contributed by atoms with Gasteiger partial charge >= 0.3 is 6.98 Å². The predicted molar refractivity (Wildman–Crippen MR) is 58.0 cm³/mol. The minimum Gasteiger partial charge on any atom is -0.445 e. The number of aliphatic hydroxyl groups is 1. The first-order valence-corrected chi connectivity index (χ1v) is 5.20. The zero-order chi connectivity index (χ0) is 11.8. The van der Waals surface area contributed by atoms with Crippen LogP contribution in [0, 0.1) is 0 Å². The molecule has 1 heterocycles. The molecule has 1 N–H and O–H groups in total. The Morgan fingerprint density at radius 1 is 1.19 bits per heavy atom. The summed E-state index contributed by atoms with van der Waals surface area (Å²) in [6.07, 6.45) is 0.303. The molecule has 1 aliphatic heterocycles. The minimum atomic E-state index is -4.91. The summed E-state index contributed by atoms with van der Waals surface area (Å²) in [5.74, 6) is 0. The maximum Gasteiger partial charge on any atom is 0.509 e. The first-order valence-electron chi connectivity index (χ1n) is 5.20. The molecular weight excluding hydrogens is 218 g/mol. The van der Waals surface area contributed by atoms with Gasteiger partial charge in [0.25, 0.3) is 0 Å².